The minimum atomic E-state index is -0.852. The Bertz CT molecular complexity index is 389. The molecule has 0 atom stereocenters. The van der Waals surface area contributed by atoms with Gasteiger partial charge in [0.2, 0.25) is 5.16 Å². The van der Waals surface area contributed by atoms with Crippen LogP contribution in [0, 0.1) is 5.41 Å². The summed E-state index contributed by atoms with van der Waals surface area (Å²) in [5, 5.41) is 20.5. The van der Waals surface area contributed by atoms with Gasteiger partial charge in [-0.05, 0) is 28.7 Å². The molecular weight excluding hydrogens is 228 g/mol. The van der Waals surface area contributed by atoms with Gasteiger partial charge in [-0.25, -0.2) is 4.68 Å². The van der Waals surface area contributed by atoms with Crippen molar-refractivity contribution in [3.05, 3.63) is 0 Å². The quantitative estimate of drug-likeness (QED) is 0.777. The Kier molecular flexibility index (Phi) is 3.13. The molecule has 0 aliphatic heterocycles. The number of hydrogen-bond acceptors (Lipinski definition) is 5. The fourth-order valence-electron chi connectivity index (χ4n) is 1.83. The molecule has 1 fully saturated rings. The van der Waals surface area contributed by atoms with Gasteiger partial charge in [-0.3, -0.25) is 4.79 Å². The zero-order chi connectivity index (χ0) is 11.6. The van der Waals surface area contributed by atoms with Gasteiger partial charge < -0.3 is 5.11 Å². The third-order valence-electron chi connectivity index (χ3n) is 2.92. The molecule has 88 valence electrons. The molecule has 1 heterocycles. The minimum absolute atomic E-state index is 0.00289. The van der Waals surface area contributed by atoms with Crippen molar-refractivity contribution >= 4 is 17.7 Å². The van der Waals surface area contributed by atoms with Gasteiger partial charge in [0.1, 0.15) is 0 Å². The van der Waals surface area contributed by atoms with Gasteiger partial charge in [0, 0.05) is 0 Å². The normalized spacial score (nSPS) is 18.1. The fourth-order valence-corrected chi connectivity index (χ4v) is 2.42. The highest BCUT2D eigenvalue weighted by molar-refractivity contribution is 7.99. The number of thioether (sulfide) groups is 1. The average Bonchev–Trinajstić information content (AvgIpc) is 2.60. The third-order valence-corrected chi connectivity index (χ3v) is 3.86. The molecule has 0 amide bonds. The van der Waals surface area contributed by atoms with Crippen LogP contribution in [0.4, 0.5) is 0 Å². The highest BCUT2D eigenvalue weighted by atomic mass is 32.2. The van der Waals surface area contributed by atoms with E-state index in [1.54, 1.807) is 4.68 Å². The summed E-state index contributed by atoms with van der Waals surface area (Å²) < 4.78 is 1.72. The SMILES string of the molecule is CC1(Cn2nnnc2SCC(=O)O)CCC1. The molecule has 1 aliphatic carbocycles. The molecule has 0 bridgehead atoms. The maximum atomic E-state index is 10.5. The van der Waals surface area contributed by atoms with Crippen molar-refractivity contribution in [2.45, 2.75) is 37.9 Å². The van der Waals surface area contributed by atoms with Crippen LogP contribution in [-0.4, -0.2) is 37.0 Å². The average molecular weight is 242 g/mol. The van der Waals surface area contributed by atoms with Crippen molar-refractivity contribution in [1.29, 1.82) is 0 Å². The smallest absolute Gasteiger partial charge is 0.313 e. The predicted octanol–water partition coefficient (Wildman–Crippen LogP) is 1.04. The lowest BCUT2D eigenvalue weighted by Gasteiger charge is -2.37. The van der Waals surface area contributed by atoms with Crippen LogP contribution in [0.25, 0.3) is 0 Å². The van der Waals surface area contributed by atoms with Gasteiger partial charge in [-0.1, -0.05) is 25.1 Å². The van der Waals surface area contributed by atoms with E-state index in [4.69, 9.17) is 5.11 Å². The summed E-state index contributed by atoms with van der Waals surface area (Å²) >= 11 is 1.16. The summed E-state index contributed by atoms with van der Waals surface area (Å²) in [5.41, 5.74) is 0.286. The monoisotopic (exact) mass is 242 g/mol. The van der Waals surface area contributed by atoms with Crippen molar-refractivity contribution < 1.29 is 9.90 Å². The molecule has 0 radical (unpaired) electrons. The molecule has 16 heavy (non-hydrogen) atoms. The number of aliphatic carboxylic acids is 1. The highest BCUT2D eigenvalue weighted by Gasteiger charge is 2.33. The zero-order valence-electron chi connectivity index (χ0n) is 9.09. The van der Waals surface area contributed by atoms with Crippen LogP contribution >= 0.6 is 11.8 Å². The lowest BCUT2D eigenvalue weighted by atomic mass is 9.70. The third kappa shape index (κ3) is 2.52. The molecule has 0 spiro atoms. The van der Waals surface area contributed by atoms with E-state index in [1.165, 1.54) is 19.3 Å². The summed E-state index contributed by atoms with van der Waals surface area (Å²) in [6, 6.07) is 0. The first-order valence-corrected chi connectivity index (χ1v) is 6.18. The van der Waals surface area contributed by atoms with E-state index in [-0.39, 0.29) is 11.2 Å². The zero-order valence-corrected chi connectivity index (χ0v) is 9.90. The van der Waals surface area contributed by atoms with E-state index >= 15 is 0 Å². The summed E-state index contributed by atoms with van der Waals surface area (Å²) in [5.74, 6) is -0.855. The van der Waals surface area contributed by atoms with E-state index < -0.39 is 5.97 Å². The van der Waals surface area contributed by atoms with Crippen molar-refractivity contribution in [1.82, 2.24) is 20.2 Å². The molecular formula is C9H14N4O2S. The summed E-state index contributed by atoms with van der Waals surface area (Å²) in [6.07, 6.45) is 3.64. The topological polar surface area (TPSA) is 80.9 Å². The molecule has 0 unspecified atom stereocenters. The van der Waals surface area contributed by atoms with Crippen molar-refractivity contribution in [2.75, 3.05) is 5.75 Å². The van der Waals surface area contributed by atoms with Crippen LogP contribution < -0.4 is 0 Å². The summed E-state index contributed by atoms with van der Waals surface area (Å²) in [4.78, 5) is 10.5. The van der Waals surface area contributed by atoms with Crippen LogP contribution in [0.15, 0.2) is 5.16 Å². The van der Waals surface area contributed by atoms with Gasteiger partial charge in [0.25, 0.3) is 0 Å². The van der Waals surface area contributed by atoms with E-state index in [1.807, 2.05) is 0 Å². The summed E-state index contributed by atoms with van der Waals surface area (Å²) in [6.45, 7) is 2.99. The number of aromatic nitrogens is 4. The van der Waals surface area contributed by atoms with E-state index in [0.717, 1.165) is 18.3 Å². The van der Waals surface area contributed by atoms with Crippen LogP contribution in [-0.2, 0) is 11.3 Å². The lowest BCUT2D eigenvalue weighted by molar-refractivity contribution is -0.133. The Hall–Kier alpha value is -1.11. The summed E-state index contributed by atoms with van der Waals surface area (Å²) in [7, 11) is 0. The van der Waals surface area contributed by atoms with Crippen LogP contribution in [0.1, 0.15) is 26.2 Å². The second-order valence-corrected chi connectivity index (χ2v) is 5.41. The lowest BCUT2D eigenvalue weighted by Crippen LogP contribution is -2.31. The molecule has 1 aromatic heterocycles. The van der Waals surface area contributed by atoms with Gasteiger partial charge in [-0.2, -0.15) is 0 Å². The first kappa shape index (κ1) is 11.4. The standard InChI is InChI=1S/C9H14N4O2S/c1-9(3-2-4-9)6-13-8(10-11-12-13)16-5-7(14)15/h2-6H2,1H3,(H,14,15). The fraction of sp³-hybridized carbons (Fsp3) is 0.778. The van der Waals surface area contributed by atoms with E-state index in [0.29, 0.717) is 5.16 Å². The maximum Gasteiger partial charge on any atom is 0.313 e. The molecule has 6 nitrogen and oxygen atoms in total. The second kappa shape index (κ2) is 4.40. The Morgan fingerprint density at radius 2 is 2.38 bits per heavy atom. The first-order valence-electron chi connectivity index (χ1n) is 5.20. The number of carbonyl (C=O) groups is 1. The molecule has 1 aliphatic rings. The van der Waals surface area contributed by atoms with Gasteiger partial charge >= 0.3 is 5.97 Å². The maximum absolute atomic E-state index is 10.5. The largest absolute Gasteiger partial charge is 0.481 e. The Morgan fingerprint density at radius 3 is 2.94 bits per heavy atom. The molecule has 0 aromatic carbocycles. The van der Waals surface area contributed by atoms with Crippen LogP contribution in [0.5, 0.6) is 0 Å². The molecule has 2 rings (SSSR count). The van der Waals surface area contributed by atoms with Crippen LogP contribution in [0.3, 0.4) is 0 Å². The van der Waals surface area contributed by atoms with Gasteiger partial charge in [-0.15, -0.1) is 5.10 Å². The molecule has 0 saturated heterocycles. The van der Waals surface area contributed by atoms with E-state index in [2.05, 4.69) is 22.4 Å². The van der Waals surface area contributed by atoms with Gasteiger partial charge in [0.05, 0.1) is 12.3 Å². The van der Waals surface area contributed by atoms with Crippen LogP contribution in [0.2, 0.25) is 0 Å². The van der Waals surface area contributed by atoms with E-state index in [9.17, 15) is 4.79 Å². The molecule has 1 N–H and O–H groups in total. The Labute approximate surface area is 97.4 Å². The number of tetrazole rings is 1. The predicted molar refractivity (Wildman–Crippen MR) is 58.1 cm³/mol. The number of rotatable bonds is 5. The number of hydrogen-bond donors (Lipinski definition) is 1. The number of carboxylic acids is 1. The number of carboxylic acid groups (broad SMARTS) is 1. The molecule has 7 heteroatoms. The Balaban J connectivity index is 1.98. The highest BCUT2D eigenvalue weighted by Crippen LogP contribution is 2.41. The number of nitrogens with zero attached hydrogens (tertiary/aromatic N) is 4. The molecule has 1 aromatic rings. The van der Waals surface area contributed by atoms with Crippen molar-refractivity contribution in [3.63, 3.8) is 0 Å². The Morgan fingerprint density at radius 1 is 1.62 bits per heavy atom. The van der Waals surface area contributed by atoms with Crippen molar-refractivity contribution in [2.24, 2.45) is 5.41 Å². The minimum Gasteiger partial charge on any atom is -0.481 e. The second-order valence-electron chi connectivity index (χ2n) is 4.47. The first-order chi connectivity index (χ1) is 7.59. The van der Waals surface area contributed by atoms with Gasteiger partial charge in [0.15, 0.2) is 0 Å². The van der Waals surface area contributed by atoms with Crippen molar-refractivity contribution in [3.8, 4) is 0 Å². The molecule has 1 saturated carbocycles.